The Bertz CT molecular complexity index is 493. The van der Waals surface area contributed by atoms with Gasteiger partial charge < -0.3 is 29.2 Å². The van der Waals surface area contributed by atoms with Crippen molar-refractivity contribution in [3.8, 4) is 0 Å². The van der Waals surface area contributed by atoms with Crippen molar-refractivity contribution >= 4 is 13.8 Å². The van der Waals surface area contributed by atoms with E-state index in [1.807, 2.05) is 21.1 Å². The van der Waals surface area contributed by atoms with Crippen LogP contribution in [0.15, 0.2) is 0 Å². The predicted molar refractivity (Wildman–Crippen MR) is 131 cm³/mol. The summed E-state index contributed by atoms with van der Waals surface area (Å²) in [6, 6.07) is 0. The summed E-state index contributed by atoms with van der Waals surface area (Å²) in [5.74, 6) is -0.278. The van der Waals surface area contributed by atoms with Gasteiger partial charge in [0.1, 0.15) is 25.9 Å². The number of carbonyl (C=O) groups is 1. The van der Waals surface area contributed by atoms with Crippen LogP contribution in [-0.2, 0) is 18.6 Å². The number of quaternary nitrogens is 1. The van der Waals surface area contributed by atoms with Crippen LogP contribution in [0.4, 0.5) is 0 Å². The van der Waals surface area contributed by atoms with Crippen molar-refractivity contribution in [1.82, 2.24) is 0 Å². The first kappa shape index (κ1) is 34.6. The monoisotopic (exact) mass is 500 g/mol. The Kier molecular flexibility index (Phi) is 23.0. The molecule has 0 aliphatic rings. The maximum Gasteiger partial charge on any atom is 0.469 e. The highest BCUT2D eigenvalue weighted by atomic mass is 31.2. The van der Waals surface area contributed by atoms with E-state index in [9.17, 15) is 9.36 Å². The molecule has 33 heavy (non-hydrogen) atoms. The molecule has 0 aliphatic carbocycles. The topological polar surface area (TPSA) is 134 Å². The van der Waals surface area contributed by atoms with E-state index in [2.05, 4.69) is 11.4 Å². The zero-order valence-electron chi connectivity index (χ0n) is 21.4. The first-order valence-electron chi connectivity index (χ1n) is 12.4. The fourth-order valence-corrected chi connectivity index (χ4v) is 3.18. The molecule has 4 N–H and O–H groups in total. The lowest BCUT2D eigenvalue weighted by molar-refractivity contribution is -0.870. The molecule has 0 saturated heterocycles. The fraction of sp³-hybridized carbons (Fsp3) is 0.957. The molecular formula is C23H51NO8P+. The van der Waals surface area contributed by atoms with Gasteiger partial charge in [-0.15, -0.1) is 0 Å². The third-order valence-corrected chi connectivity index (χ3v) is 5.42. The second-order valence-electron chi connectivity index (χ2n) is 9.50. The number of aliphatic hydroxyl groups excluding tert-OH is 2. The van der Waals surface area contributed by atoms with E-state index in [0.29, 0.717) is 17.4 Å². The summed E-state index contributed by atoms with van der Waals surface area (Å²) < 4.78 is 19.9. The Morgan fingerprint density at radius 2 is 1.33 bits per heavy atom. The summed E-state index contributed by atoms with van der Waals surface area (Å²) in [5.41, 5.74) is 0. The molecule has 10 heteroatoms. The van der Waals surface area contributed by atoms with Crippen molar-refractivity contribution < 1.29 is 43.1 Å². The van der Waals surface area contributed by atoms with Gasteiger partial charge in [-0.1, -0.05) is 77.6 Å². The van der Waals surface area contributed by atoms with Gasteiger partial charge in [-0.25, -0.2) is 4.57 Å². The van der Waals surface area contributed by atoms with Crippen LogP contribution < -0.4 is 0 Å². The average Bonchev–Trinajstić information content (AvgIpc) is 2.71. The van der Waals surface area contributed by atoms with Gasteiger partial charge in [-0.3, -0.25) is 9.32 Å². The molecule has 0 saturated carbocycles. The molecule has 9 nitrogen and oxygen atoms in total. The number of hydrogen-bond acceptors (Lipinski definition) is 6. The quantitative estimate of drug-likeness (QED) is 0.0859. The summed E-state index contributed by atoms with van der Waals surface area (Å²) in [7, 11) is 1.50. The minimum atomic E-state index is -4.26. The van der Waals surface area contributed by atoms with Crippen LogP contribution in [0.3, 0.4) is 0 Å². The van der Waals surface area contributed by atoms with Crippen LogP contribution in [0.2, 0.25) is 0 Å². The van der Waals surface area contributed by atoms with Crippen LogP contribution in [-0.4, -0.2) is 84.1 Å². The third-order valence-electron chi connectivity index (χ3n) is 4.90. The third kappa shape index (κ3) is 33.7. The van der Waals surface area contributed by atoms with Gasteiger partial charge in [0.15, 0.2) is 0 Å². The lowest BCUT2D eigenvalue weighted by Crippen LogP contribution is -2.37. The summed E-state index contributed by atoms with van der Waals surface area (Å²) in [5, 5.41) is 17.6. The van der Waals surface area contributed by atoms with Crippen LogP contribution in [0, 0.1) is 0 Å². The van der Waals surface area contributed by atoms with E-state index in [0.717, 1.165) is 12.8 Å². The number of esters is 1. The number of ether oxygens (including phenoxy) is 1. The molecule has 0 aliphatic heterocycles. The molecule has 0 spiro atoms. The lowest BCUT2D eigenvalue weighted by Gasteiger charge is -2.23. The van der Waals surface area contributed by atoms with Crippen LogP contribution in [0.25, 0.3) is 0 Å². The molecule has 1 atom stereocenters. The van der Waals surface area contributed by atoms with Crippen LogP contribution in [0.5, 0.6) is 0 Å². The number of nitrogens with zero attached hydrogens (tertiary/aromatic N) is 1. The fourth-order valence-electron chi connectivity index (χ4n) is 2.86. The molecule has 0 aromatic rings. The number of unbranched alkanes of at least 4 members (excludes halogenated alkanes) is 11. The van der Waals surface area contributed by atoms with Gasteiger partial charge >= 0.3 is 13.8 Å². The molecule has 0 bridgehead atoms. The lowest BCUT2D eigenvalue weighted by atomic mass is 10.0. The summed E-state index contributed by atoms with van der Waals surface area (Å²) >= 11 is 0. The molecule has 1 unspecified atom stereocenters. The molecule has 0 aromatic carbocycles. The van der Waals surface area contributed by atoms with Crippen LogP contribution in [0.1, 0.15) is 90.4 Å². The molecule has 0 aromatic heterocycles. The number of aliphatic hydroxyl groups is 2. The first-order valence-corrected chi connectivity index (χ1v) is 13.9. The summed E-state index contributed by atoms with van der Waals surface area (Å²) in [6.07, 6.45) is 14.7. The van der Waals surface area contributed by atoms with E-state index in [-0.39, 0.29) is 25.8 Å². The number of phosphoric ester groups is 1. The second kappa shape index (κ2) is 22.0. The molecular weight excluding hydrogens is 449 g/mol. The van der Waals surface area contributed by atoms with Crippen molar-refractivity contribution in [1.29, 1.82) is 0 Å². The van der Waals surface area contributed by atoms with Crippen molar-refractivity contribution in [2.24, 2.45) is 0 Å². The van der Waals surface area contributed by atoms with E-state index >= 15 is 0 Å². The maximum absolute atomic E-state index is 11.3. The normalized spacial score (nSPS) is 12.7. The van der Waals surface area contributed by atoms with Crippen molar-refractivity contribution in [3.05, 3.63) is 0 Å². The summed E-state index contributed by atoms with van der Waals surface area (Å²) in [4.78, 5) is 27.9. The highest BCUT2D eigenvalue weighted by Gasteiger charge is 2.16. The molecule has 0 amide bonds. The van der Waals surface area contributed by atoms with Gasteiger partial charge in [0.25, 0.3) is 0 Å². The molecule has 0 fully saturated rings. The van der Waals surface area contributed by atoms with Gasteiger partial charge in [0, 0.05) is 6.42 Å². The zero-order valence-corrected chi connectivity index (χ0v) is 22.3. The highest BCUT2D eigenvalue weighted by molar-refractivity contribution is 7.46. The molecule has 200 valence electrons. The Morgan fingerprint density at radius 3 is 1.73 bits per heavy atom. The van der Waals surface area contributed by atoms with Crippen LogP contribution >= 0.6 is 7.82 Å². The molecule has 0 heterocycles. The van der Waals surface area contributed by atoms with Crippen molar-refractivity contribution in [3.63, 3.8) is 0 Å². The van der Waals surface area contributed by atoms with Gasteiger partial charge in [0.05, 0.1) is 27.7 Å². The van der Waals surface area contributed by atoms with E-state index in [1.165, 1.54) is 64.2 Å². The Morgan fingerprint density at radius 1 is 0.879 bits per heavy atom. The summed E-state index contributed by atoms with van der Waals surface area (Å²) in [6.45, 7) is 2.43. The number of phosphoric acid groups is 1. The molecule has 0 rings (SSSR count). The van der Waals surface area contributed by atoms with Gasteiger partial charge in [-0.2, -0.15) is 0 Å². The molecule has 0 radical (unpaired) electrons. The first-order chi connectivity index (χ1) is 15.4. The smallest absolute Gasteiger partial charge is 0.463 e. The standard InChI is InChI=1S/C18H36O4.C5H14NO4P/c1-2-3-4-5-6-7-8-9-10-11-12-13-14-18(21)22-16-17(20)15-19;1-6(2,3)4-5-10-11(7,8)9/h17,19-20H,2-16H2,1H3;4-5H2,1-3H3,(H-,7,8,9)/p+1. The Labute approximate surface area is 201 Å². The Balaban J connectivity index is 0. The van der Waals surface area contributed by atoms with Gasteiger partial charge in [-0.05, 0) is 6.42 Å². The van der Waals surface area contributed by atoms with Crippen molar-refractivity contribution in [2.45, 2.75) is 96.5 Å². The number of carbonyl (C=O) groups excluding carboxylic acids is 1. The second-order valence-corrected chi connectivity index (χ2v) is 10.7. The highest BCUT2D eigenvalue weighted by Crippen LogP contribution is 2.35. The zero-order chi connectivity index (χ0) is 25.6. The minimum Gasteiger partial charge on any atom is -0.463 e. The number of likely N-dealkylation sites (N-methyl/N-ethyl adjacent to an activating group) is 1. The average molecular weight is 501 g/mol. The van der Waals surface area contributed by atoms with E-state index in [4.69, 9.17) is 24.7 Å². The number of rotatable bonds is 20. The largest absolute Gasteiger partial charge is 0.469 e. The minimum absolute atomic E-state index is 0.0772. The maximum atomic E-state index is 11.3. The SMILES string of the molecule is CCCCCCCCCCCCCCC(=O)OCC(O)CO.C[N+](C)(C)CCOP(=O)(O)O. The van der Waals surface area contributed by atoms with Crippen molar-refractivity contribution in [2.75, 3.05) is 47.5 Å². The van der Waals surface area contributed by atoms with Gasteiger partial charge in [0.2, 0.25) is 0 Å². The Hall–Kier alpha value is -0.540. The predicted octanol–water partition coefficient (Wildman–Crippen LogP) is 3.78. The van der Waals surface area contributed by atoms with E-state index in [1.54, 1.807) is 0 Å². The number of hydrogen-bond donors (Lipinski definition) is 4. The van der Waals surface area contributed by atoms with E-state index < -0.39 is 13.9 Å².